The van der Waals surface area contributed by atoms with Gasteiger partial charge in [-0.05, 0) is 13.0 Å². The second-order valence-corrected chi connectivity index (χ2v) is 3.99. The highest BCUT2D eigenvalue weighted by atomic mass is 16.4. The lowest BCUT2D eigenvalue weighted by molar-refractivity contribution is -0.144. The standard InChI is InChI=1S/C13H13NO3/c1-8(13(16)17)12(15)10-6-2-4-9-5-3-7-14-11(9)10/h2-8,12,15H,1H3,(H,16,17). The topological polar surface area (TPSA) is 70.4 Å². The zero-order valence-electron chi connectivity index (χ0n) is 9.37. The Morgan fingerprint density at radius 2 is 2.00 bits per heavy atom. The molecule has 88 valence electrons. The molecule has 1 aromatic carbocycles. The molecular weight excluding hydrogens is 218 g/mol. The van der Waals surface area contributed by atoms with Crippen LogP contribution in [0.3, 0.4) is 0 Å². The van der Waals surface area contributed by atoms with Crippen LogP contribution >= 0.6 is 0 Å². The molecule has 0 aliphatic rings. The highest BCUT2D eigenvalue weighted by Crippen LogP contribution is 2.27. The first-order chi connectivity index (χ1) is 8.11. The Morgan fingerprint density at radius 3 is 2.71 bits per heavy atom. The van der Waals surface area contributed by atoms with E-state index >= 15 is 0 Å². The molecule has 0 saturated carbocycles. The van der Waals surface area contributed by atoms with Gasteiger partial charge in [-0.15, -0.1) is 0 Å². The summed E-state index contributed by atoms with van der Waals surface area (Å²) in [6.45, 7) is 1.48. The van der Waals surface area contributed by atoms with Crippen molar-refractivity contribution in [1.82, 2.24) is 4.98 Å². The van der Waals surface area contributed by atoms with Gasteiger partial charge in [0.1, 0.15) is 0 Å². The molecule has 0 amide bonds. The zero-order chi connectivity index (χ0) is 12.4. The Hall–Kier alpha value is -1.94. The van der Waals surface area contributed by atoms with E-state index < -0.39 is 18.0 Å². The van der Waals surface area contributed by atoms with Gasteiger partial charge in [-0.2, -0.15) is 0 Å². The summed E-state index contributed by atoms with van der Waals surface area (Å²) in [4.78, 5) is 15.1. The van der Waals surface area contributed by atoms with Gasteiger partial charge in [-0.25, -0.2) is 0 Å². The minimum absolute atomic E-state index is 0.554. The van der Waals surface area contributed by atoms with Crippen LogP contribution in [0.25, 0.3) is 10.9 Å². The van der Waals surface area contributed by atoms with Gasteiger partial charge in [0, 0.05) is 17.1 Å². The fourth-order valence-corrected chi connectivity index (χ4v) is 1.77. The van der Waals surface area contributed by atoms with Crippen molar-refractivity contribution in [3.8, 4) is 0 Å². The first kappa shape index (κ1) is 11.5. The maximum Gasteiger partial charge on any atom is 0.309 e. The lowest BCUT2D eigenvalue weighted by Gasteiger charge is -2.16. The fraction of sp³-hybridized carbons (Fsp3) is 0.231. The van der Waals surface area contributed by atoms with Crippen LogP contribution < -0.4 is 0 Å². The Labute approximate surface area is 98.5 Å². The minimum Gasteiger partial charge on any atom is -0.481 e. The molecule has 0 spiro atoms. The van der Waals surface area contributed by atoms with Crippen LogP contribution in [-0.2, 0) is 4.79 Å². The second-order valence-electron chi connectivity index (χ2n) is 3.99. The molecular formula is C13H13NO3. The van der Waals surface area contributed by atoms with Crippen molar-refractivity contribution >= 4 is 16.9 Å². The third kappa shape index (κ3) is 2.12. The summed E-state index contributed by atoms with van der Waals surface area (Å²) in [5, 5.41) is 19.8. The van der Waals surface area contributed by atoms with Gasteiger partial charge < -0.3 is 10.2 Å². The number of carboxylic acids is 1. The van der Waals surface area contributed by atoms with Gasteiger partial charge in [-0.3, -0.25) is 9.78 Å². The van der Waals surface area contributed by atoms with Crippen LogP contribution in [0.5, 0.6) is 0 Å². The molecule has 2 N–H and O–H groups in total. The second kappa shape index (κ2) is 4.51. The molecule has 0 radical (unpaired) electrons. The van der Waals surface area contributed by atoms with Crippen LogP contribution in [0, 0.1) is 5.92 Å². The number of aliphatic hydroxyl groups is 1. The zero-order valence-corrected chi connectivity index (χ0v) is 9.37. The summed E-state index contributed by atoms with van der Waals surface area (Å²) in [5.74, 6) is -1.88. The van der Waals surface area contributed by atoms with E-state index in [0.29, 0.717) is 11.1 Å². The van der Waals surface area contributed by atoms with Crippen LogP contribution in [0.1, 0.15) is 18.6 Å². The molecule has 0 saturated heterocycles. The van der Waals surface area contributed by atoms with Crippen molar-refractivity contribution in [3.05, 3.63) is 42.1 Å². The van der Waals surface area contributed by atoms with Crippen molar-refractivity contribution < 1.29 is 15.0 Å². The number of aromatic nitrogens is 1. The van der Waals surface area contributed by atoms with Crippen molar-refractivity contribution in [2.45, 2.75) is 13.0 Å². The van der Waals surface area contributed by atoms with E-state index in [4.69, 9.17) is 5.11 Å². The van der Waals surface area contributed by atoms with E-state index in [9.17, 15) is 9.90 Å². The average Bonchev–Trinajstić information content (AvgIpc) is 2.36. The van der Waals surface area contributed by atoms with Gasteiger partial charge in [-0.1, -0.05) is 24.3 Å². The van der Waals surface area contributed by atoms with Crippen molar-refractivity contribution in [1.29, 1.82) is 0 Å². The van der Waals surface area contributed by atoms with E-state index in [2.05, 4.69) is 4.98 Å². The number of benzene rings is 1. The Kier molecular flexibility index (Phi) is 3.06. The number of hydrogen-bond donors (Lipinski definition) is 2. The van der Waals surface area contributed by atoms with E-state index in [1.165, 1.54) is 6.92 Å². The molecule has 2 unspecified atom stereocenters. The van der Waals surface area contributed by atoms with Crippen molar-refractivity contribution in [2.24, 2.45) is 5.92 Å². The molecule has 0 aliphatic heterocycles. The number of fused-ring (bicyclic) bond motifs is 1. The lowest BCUT2D eigenvalue weighted by atomic mass is 9.95. The van der Waals surface area contributed by atoms with Crippen LogP contribution in [0.15, 0.2) is 36.5 Å². The summed E-state index contributed by atoms with van der Waals surface area (Å²) >= 11 is 0. The van der Waals surface area contributed by atoms with Crippen molar-refractivity contribution in [2.75, 3.05) is 0 Å². The molecule has 2 aromatic rings. The predicted octanol–water partition coefficient (Wildman–Crippen LogP) is 1.99. The van der Waals surface area contributed by atoms with Crippen LogP contribution in [-0.4, -0.2) is 21.2 Å². The van der Waals surface area contributed by atoms with E-state index in [-0.39, 0.29) is 0 Å². The van der Waals surface area contributed by atoms with Gasteiger partial charge in [0.05, 0.1) is 17.5 Å². The molecule has 0 bridgehead atoms. The smallest absolute Gasteiger partial charge is 0.309 e. The summed E-state index contributed by atoms with van der Waals surface area (Å²) in [6, 6.07) is 9.06. The highest BCUT2D eigenvalue weighted by Gasteiger charge is 2.24. The van der Waals surface area contributed by atoms with Gasteiger partial charge in [0.25, 0.3) is 0 Å². The monoisotopic (exact) mass is 231 g/mol. The van der Waals surface area contributed by atoms with Gasteiger partial charge in [0.15, 0.2) is 0 Å². The minimum atomic E-state index is -1.05. The summed E-state index contributed by atoms with van der Waals surface area (Å²) in [7, 11) is 0. The first-order valence-corrected chi connectivity index (χ1v) is 5.36. The number of rotatable bonds is 3. The number of para-hydroxylation sites is 1. The average molecular weight is 231 g/mol. The first-order valence-electron chi connectivity index (χ1n) is 5.36. The number of carboxylic acid groups (broad SMARTS) is 1. The Balaban J connectivity index is 2.52. The molecule has 1 aromatic heterocycles. The molecule has 4 nitrogen and oxygen atoms in total. The molecule has 0 aliphatic carbocycles. The molecule has 17 heavy (non-hydrogen) atoms. The molecule has 0 fully saturated rings. The number of pyridine rings is 1. The Morgan fingerprint density at radius 1 is 1.29 bits per heavy atom. The number of hydrogen-bond acceptors (Lipinski definition) is 3. The molecule has 2 rings (SSSR count). The largest absolute Gasteiger partial charge is 0.481 e. The maximum atomic E-state index is 10.9. The predicted molar refractivity (Wildman–Crippen MR) is 63.5 cm³/mol. The van der Waals surface area contributed by atoms with Gasteiger partial charge in [0.2, 0.25) is 0 Å². The maximum absolute atomic E-state index is 10.9. The highest BCUT2D eigenvalue weighted by molar-refractivity contribution is 5.82. The third-order valence-electron chi connectivity index (χ3n) is 2.85. The summed E-state index contributed by atoms with van der Waals surface area (Å²) in [6.07, 6.45) is 0.579. The number of carbonyl (C=O) groups is 1. The molecule has 2 atom stereocenters. The normalized spacial score (nSPS) is 14.5. The fourth-order valence-electron chi connectivity index (χ4n) is 1.77. The lowest BCUT2D eigenvalue weighted by Crippen LogP contribution is -2.19. The third-order valence-corrected chi connectivity index (χ3v) is 2.85. The molecule has 1 heterocycles. The van der Waals surface area contributed by atoms with Crippen molar-refractivity contribution in [3.63, 3.8) is 0 Å². The van der Waals surface area contributed by atoms with E-state index in [1.807, 2.05) is 12.1 Å². The quantitative estimate of drug-likeness (QED) is 0.847. The summed E-state index contributed by atoms with van der Waals surface area (Å²) < 4.78 is 0. The summed E-state index contributed by atoms with van der Waals surface area (Å²) in [5.41, 5.74) is 1.20. The number of nitrogens with zero attached hydrogens (tertiary/aromatic N) is 1. The van der Waals surface area contributed by atoms with E-state index in [1.54, 1.807) is 24.4 Å². The van der Waals surface area contributed by atoms with Gasteiger partial charge >= 0.3 is 5.97 Å². The number of aliphatic hydroxyl groups excluding tert-OH is 1. The Bertz CT molecular complexity index is 548. The number of aliphatic carboxylic acids is 1. The van der Waals surface area contributed by atoms with E-state index in [0.717, 1.165) is 5.39 Å². The van der Waals surface area contributed by atoms with Crippen LogP contribution in [0.4, 0.5) is 0 Å². The van der Waals surface area contributed by atoms with Crippen LogP contribution in [0.2, 0.25) is 0 Å². The SMILES string of the molecule is CC(C(=O)O)C(O)c1cccc2cccnc12. The molecule has 4 heteroatoms.